The molecular formula is C16H18F2N4O3. The molecule has 0 atom stereocenters. The van der Waals surface area contributed by atoms with Crippen molar-refractivity contribution in [3.8, 4) is 0 Å². The van der Waals surface area contributed by atoms with Gasteiger partial charge in [0.25, 0.3) is 0 Å². The van der Waals surface area contributed by atoms with Gasteiger partial charge in [0, 0.05) is 6.07 Å². The van der Waals surface area contributed by atoms with Crippen molar-refractivity contribution < 1.29 is 22.9 Å². The maximum Gasteiger partial charge on any atom is 0.240 e. The zero-order valence-corrected chi connectivity index (χ0v) is 13.8. The maximum absolute atomic E-state index is 13.5. The van der Waals surface area contributed by atoms with Crippen LogP contribution in [0, 0.1) is 18.6 Å². The fourth-order valence-electron chi connectivity index (χ4n) is 2.08. The fraction of sp³-hybridized carbons (Fsp3) is 0.312. The molecule has 2 N–H and O–H groups in total. The molecule has 0 unspecified atom stereocenters. The van der Waals surface area contributed by atoms with Crippen molar-refractivity contribution in [2.45, 2.75) is 13.8 Å². The molecule has 0 aliphatic heterocycles. The zero-order valence-electron chi connectivity index (χ0n) is 13.8. The molecule has 0 spiro atoms. The Bertz CT molecular complexity index is 743. The van der Waals surface area contributed by atoms with E-state index in [1.165, 1.54) is 11.0 Å². The van der Waals surface area contributed by atoms with Crippen LogP contribution in [0.5, 0.6) is 0 Å². The third-order valence-corrected chi connectivity index (χ3v) is 3.30. The first-order valence-corrected chi connectivity index (χ1v) is 7.58. The third-order valence-electron chi connectivity index (χ3n) is 3.30. The van der Waals surface area contributed by atoms with E-state index in [4.69, 9.17) is 4.52 Å². The van der Waals surface area contributed by atoms with Gasteiger partial charge in [0.1, 0.15) is 17.3 Å². The minimum atomic E-state index is -0.866. The lowest BCUT2D eigenvalue weighted by Gasteiger charge is -2.19. The summed E-state index contributed by atoms with van der Waals surface area (Å²) in [5.41, 5.74) is 0.110. The number of halogens is 2. The van der Waals surface area contributed by atoms with E-state index in [0.29, 0.717) is 12.2 Å². The van der Waals surface area contributed by atoms with Crippen molar-refractivity contribution in [1.29, 1.82) is 0 Å². The molecule has 2 aromatic rings. The molecule has 0 fully saturated rings. The topological polar surface area (TPSA) is 87.5 Å². The largest absolute Gasteiger partial charge is 0.338 e. The number of anilines is 2. The number of amides is 2. The SMILES string of the molecule is CCN(CC(=O)Nc1cc(C)no1)CC(=O)Nc1c(F)cccc1F. The monoisotopic (exact) mass is 352 g/mol. The second kappa shape index (κ2) is 8.34. The highest BCUT2D eigenvalue weighted by Crippen LogP contribution is 2.17. The summed E-state index contributed by atoms with van der Waals surface area (Å²) in [5, 5.41) is 8.33. The highest BCUT2D eigenvalue weighted by molar-refractivity contribution is 5.94. The van der Waals surface area contributed by atoms with E-state index in [1.54, 1.807) is 19.9 Å². The number of benzene rings is 1. The number of hydrogen-bond acceptors (Lipinski definition) is 5. The van der Waals surface area contributed by atoms with Gasteiger partial charge in [0.15, 0.2) is 0 Å². The first-order valence-electron chi connectivity index (χ1n) is 7.58. The quantitative estimate of drug-likeness (QED) is 0.797. The van der Waals surface area contributed by atoms with Crippen LogP contribution in [0.25, 0.3) is 0 Å². The van der Waals surface area contributed by atoms with Gasteiger partial charge in [0.2, 0.25) is 17.7 Å². The molecule has 1 aromatic heterocycles. The lowest BCUT2D eigenvalue weighted by molar-refractivity contribution is -0.120. The first-order chi connectivity index (χ1) is 11.9. The number of rotatable bonds is 7. The minimum absolute atomic E-state index is 0.0938. The van der Waals surface area contributed by atoms with Crippen LogP contribution in [0.2, 0.25) is 0 Å². The van der Waals surface area contributed by atoms with Crippen LogP contribution in [0.15, 0.2) is 28.8 Å². The van der Waals surface area contributed by atoms with E-state index in [-0.39, 0.29) is 19.0 Å². The van der Waals surface area contributed by atoms with Crippen molar-refractivity contribution in [3.63, 3.8) is 0 Å². The van der Waals surface area contributed by atoms with Crippen LogP contribution in [-0.2, 0) is 9.59 Å². The molecular weight excluding hydrogens is 334 g/mol. The van der Waals surface area contributed by atoms with E-state index in [2.05, 4.69) is 15.8 Å². The highest BCUT2D eigenvalue weighted by Gasteiger charge is 2.17. The molecule has 7 nitrogen and oxygen atoms in total. The van der Waals surface area contributed by atoms with Crippen molar-refractivity contribution in [3.05, 3.63) is 41.6 Å². The van der Waals surface area contributed by atoms with Gasteiger partial charge in [-0.15, -0.1) is 0 Å². The molecule has 0 saturated heterocycles. The normalized spacial score (nSPS) is 10.8. The fourth-order valence-corrected chi connectivity index (χ4v) is 2.08. The summed E-state index contributed by atoms with van der Waals surface area (Å²) in [6.07, 6.45) is 0. The number of likely N-dealkylation sites (N-methyl/N-ethyl adjacent to an activating group) is 1. The van der Waals surface area contributed by atoms with Gasteiger partial charge in [0.05, 0.1) is 18.8 Å². The zero-order chi connectivity index (χ0) is 18.4. The predicted molar refractivity (Wildman–Crippen MR) is 87.0 cm³/mol. The third kappa shape index (κ3) is 5.35. The molecule has 25 heavy (non-hydrogen) atoms. The van der Waals surface area contributed by atoms with E-state index in [9.17, 15) is 18.4 Å². The Morgan fingerprint density at radius 3 is 2.28 bits per heavy atom. The number of aromatic nitrogens is 1. The Labute approximate surface area is 143 Å². The number of nitrogens with one attached hydrogen (secondary N) is 2. The molecule has 1 heterocycles. The minimum Gasteiger partial charge on any atom is -0.338 e. The average Bonchev–Trinajstić information content (AvgIpc) is 2.95. The second-order valence-electron chi connectivity index (χ2n) is 5.33. The maximum atomic E-state index is 13.5. The Kier molecular flexibility index (Phi) is 6.18. The molecule has 2 rings (SSSR count). The van der Waals surface area contributed by atoms with E-state index in [0.717, 1.165) is 12.1 Å². The number of aryl methyl sites for hydroxylation is 1. The molecule has 0 saturated carbocycles. The number of carbonyl (C=O) groups excluding carboxylic acids is 2. The smallest absolute Gasteiger partial charge is 0.240 e. The van der Waals surface area contributed by atoms with Gasteiger partial charge >= 0.3 is 0 Å². The van der Waals surface area contributed by atoms with E-state index < -0.39 is 29.1 Å². The van der Waals surface area contributed by atoms with Gasteiger partial charge in [-0.25, -0.2) is 8.78 Å². The number of carbonyl (C=O) groups is 2. The standard InChI is InChI=1S/C16H18F2N4O3/c1-3-22(8-13(23)19-15-7-10(2)21-25-15)9-14(24)20-16-11(17)5-4-6-12(16)18/h4-7H,3,8-9H2,1-2H3,(H,19,23)(H,20,24). The van der Waals surface area contributed by atoms with E-state index in [1.807, 2.05) is 0 Å². The summed E-state index contributed by atoms with van der Waals surface area (Å²) in [6, 6.07) is 4.85. The molecule has 9 heteroatoms. The first kappa shape index (κ1) is 18.5. The van der Waals surface area contributed by atoms with Crippen molar-refractivity contribution >= 4 is 23.4 Å². The van der Waals surface area contributed by atoms with Gasteiger partial charge < -0.3 is 9.84 Å². The summed E-state index contributed by atoms with van der Waals surface area (Å²) in [6.45, 7) is 3.55. The lowest BCUT2D eigenvalue weighted by Crippen LogP contribution is -2.38. The summed E-state index contributed by atoms with van der Waals surface area (Å²) < 4.78 is 31.9. The van der Waals surface area contributed by atoms with Crippen LogP contribution < -0.4 is 10.6 Å². The Hall–Kier alpha value is -2.81. The molecule has 2 amide bonds. The highest BCUT2D eigenvalue weighted by atomic mass is 19.1. The molecule has 0 bridgehead atoms. The Balaban J connectivity index is 1.90. The Morgan fingerprint density at radius 1 is 1.16 bits per heavy atom. The van der Waals surface area contributed by atoms with E-state index >= 15 is 0 Å². The average molecular weight is 352 g/mol. The second-order valence-corrected chi connectivity index (χ2v) is 5.33. The summed E-state index contributed by atoms with van der Waals surface area (Å²) in [4.78, 5) is 25.4. The lowest BCUT2D eigenvalue weighted by atomic mass is 10.3. The molecule has 0 radical (unpaired) electrons. The predicted octanol–water partition coefficient (Wildman–Crippen LogP) is 2.16. The number of nitrogens with zero attached hydrogens (tertiary/aromatic N) is 2. The molecule has 0 aliphatic carbocycles. The summed E-state index contributed by atoms with van der Waals surface area (Å²) >= 11 is 0. The van der Waals surface area contributed by atoms with Crippen LogP contribution in [-0.4, -0.2) is 41.5 Å². The van der Waals surface area contributed by atoms with Crippen molar-refractivity contribution in [2.75, 3.05) is 30.3 Å². The molecule has 0 aliphatic rings. The molecule has 134 valence electrons. The van der Waals surface area contributed by atoms with Crippen molar-refractivity contribution in [2.24, 2.45) is 0 Å². The number of hydrogen-bond donors (Lipinski definition) is 2. The van der Waals surface area contributed by atoms with Gasteiger partial charge in [-0.05, 0) is 25.6 Å². The van der Waals surface area contributed by atoms with Crippen molar-refractivity contribution in [1.82, 2.24) is 10.1 Å². The van der Waals surface area contributed by atoms with Gasteiger partial charge in [-0.2, -0.15) is 0 Å². The van der Waals surface area contributed by atoms with Crippen LogP contribution in [0.3, 0.4) is 0 Å². The van der Waals surface area contributed by atoms with Gasteiger partial charge in [-0.3, -0.25) is 19.8 Å². The van der Waals surface area contributed by atoms with Crippen LogP contribution >= 0.6 is 0 Å². The molecule has 1 aromatic carbocycles. The summed E-state index contributed by atoms with van der Waals surface area (Å²) in [5.74, 6) is -2.56. The van der Waals surface area contributed by atoms with Crippen LogP contribution in [0.4, 0.5) is 20.4 Å². The Morgan fingerprint density at radius 2 is 1.76 bits per heavy atom. The van der Waals surface area contributed by atoms with Crippen LogP contribution in [0.1, 0.15) is 12.6 Å². The number of para-hydroxylation sites is 1. The summed E-state index contributed by atoms with van der Waals surface area (Å²) in [7, 11) is 0. The van der Waals surface area contributed by atoms with Gasteiger partial charge in [-0.1, -0.05) is 18.1 Å².